The Morgan fingerprint density at radius 2 is 0.872 bits per heavy atom. The molecule has 9 nitrogen and oxygen atoms in total. The average Bonchev–Trinajstić information content (AvgIpc) is 3.04. The SMILES string of the molecule is C.CCCCCCCCCCCCCCOO[C@@H](COC(=O)CCCCCCCCCCCCC)COC(=O)CCOCCC(N)=O. The number of esters is 2. The topological polar surface area (TPSA) is 123 Å². The van der Waals surface area contributed by atoms with E-state index in [1.165, 1.54) is 116 Å². The van der Waals surface area contributed by atoms with E-state index < -0.39 is 18.0 Å². The van der Waals surface area contributed by atoms with Crippen LogP contribution in [0.1, 0.15) is 188 Å². The highest BCUT2D eigenvalue weighted by Crippen LogP contribution is 2.14. The van der Waals surface area contributed by atoms with Gasteiger partial charge in [-0.05, 0) is 12.8 Å². The number of rotatable bonds is 37. The van der Waals surface area contributed by atoms with E-state index in [0.29, 0.717) is 13.0 Å². The molecular weight excluding hydrogens is 598 g/mol. The number of carbonyl (C=O) groups excluding carboxylic acids is 3. The van der Waals surface area contributed by atoms with Crippen LogP contribution >= 0.6 is 0 Å². The first-order chi connectivity index (χ1) is 22.5. The zero-order chi connectivity index (χ0) is 33.8. The zero-order valence-electron chi connectivity index (χ0n) is 29.8. The minimum absolute atomic E-state index is 0. The van der Waals surface area contributed by atoms with Gasteiger partial charge in [0.25, 0.3) is 0 Å². The molecule has 0 bridgehead atoms. The van der Waals surface area contributed by atoms with E-state index >= 15 is 0 Å². The summed E-state index contributed by atoms with van der Waals surface area (Å²) in [6, 6.07) is 0. The zero-order valence-corrected chi connectivity index (χ0v) is 29.8. The molecule has 1 amide bonds. The minimum atomic E-state index is -0.710. The molecule has 0 fully saturated rings. The first kappa shape index (κ1) is 47.4. The van der Waals surface area contributed by atoms with Crippen molar-refractivity contribution >= 4 is 17.8 Å². The van der Waals surface area contributed by atoms with Gasteiger partial charge in [0.1, 0.15) is 13.2 Å². The summed E-state index contributed by atoms with van der Waals surface area (Å²) in [6.07, 6.45) is 28.3. The molecule has 0 unspecified atom stereocenters. The Labute approximate surface area is 289 Å². The number of hydrogen-bond acceptors (Lipinski definition) is 8. The molecule has 0 aliphatic heterocycles. The molecule has 0 radical (unpaired) electrons. The van der Waals surface area contributed by atoms with Crippen molar-refractivity contribution in [2.45, 2.75) is 194 Å². The molecule has 2 N–H and O–H groups in total. The number of amides is 1. The molecule has 0 saturated carbocycles. The van der Waals surface area contributed by atoms with Gasteiger partial charge < -0.3 is 19.9 Å². The molecule has 9 heteroatoms. The summed E-state index contributed by atoms with van der Waals surface area (Å²) in [6.45, 7) is 5.08. The second-order valence-corrected chi connectivity index (χ2v) is 12.7. The van der Waals surface area contributed by atoms with Crippen LogP contribution in [0.3, 0.4) is 0 Å². The fraction of sp³-hybridized carbons (Fsp3) is 0.921. The lowest BCUT2D eigenvalue weighted by Gasteiger charge is -2.17. The van der Waals surface area contributed by atoms with Gasteiger partial charge in [0.05, 0.1) is 26.2 Å². The Kier molecular flexibility index (Phi) is 39.1. The fourth-order valence-corrected chi connectivity index (χ4v) is 5.13. The molecule has 0 rings (SSSR count). The smallest absolute Gasteiger partial charge is 0.308 e. The summed E-state index contributed by atoms with van der Waals surface area (Å²) >= 11 is 0. The lowest BCUT2D eigenvalue weighted by molar-refractivity contribution is -0.334. The van der Waals surface area contributed by atoms with Crippen molar-refractivity contribution in [2.24, 2.45) is 5.73 Å². The number of nitrogens with two attached hydrogens (primary N) is 1. The maximum absolute atomic E-state index is 12.3. The summed E-state index contributed by atoms with van der Waals surface area (Å²) in [5.74, 6) is -1.20. The summed E-state index contributed by atoms with van der Waals surface area (Å²) in [5, 5.41) is 0. The van der Waals surface area contributed by atoms with Crippen molar-refractivity contribution in [3.8, 4) is 0 Å². The number of primary amides is 1. The van der Waals surface area contributed by atoms with Crippen LogP contribution in [0.4, 0.5) is 0 Å². The number of ether oxygens (including phenoxy) is 3. The fourth-order valence-electron chi connectivity index (χ4n) is 5.13. The largest absolute Gasteiger partial charge is 0.463 e. The van der Waals surface area contributed by atoms with Gasteiger partial charge in [0.2, 0.25) is 5.91 Å². The number of unbranched alkanes of at least 4 members (excludes halogenated alkanes) is 21. The summed E-state index contributed by atoms with van der Waals surface area (Å²) in [7, 11) is 0. The molecule has 0 saturated heterocycles. The molecular formula is C38H75NO8. The van der Waals surface area contributed by atoms with Gasteiger partial charge in [0.15, 0.2) is 6.10 Å². The molecule has 280 valence electrons. The maximum atomic E-state index is 12.3. The second-order valence-electron chi connectivity index (χ2n) is 12.7. The van der Waals surface area contributed by atoms with Gasteiger partial charge in [-0.1, -0.05) is 156 Å². The standard InChI is InChI=1S/C37H71NO8.CH4/c1-3-5-7-9-11-13-15-17-19-21-23-25-29-45-46-34(33-44-37(41)28-31-42-30-27-35(38)39)32-43-36(40)26-24-22-20-18-16-14-12-10-8-6-4-2;/h34H,3-33H2,1-2H3,(H2,38,39);1H4/t34-;/m0./s1. The van der Waals surface area contributed by atoms with E-state index in [2.05, 4.69) is 13.8 Å². The third-order valence-corrected chi connectivity index (χ3v) is 8.07. The third kappa shape index (κ3) is 38.6. The van der Waals surface area contributed by atoms with Crippen LogP contribution in [0, 0.1) is 0 Å². The summed E-state index contributed by atoms with van der Waals surface area (Å²) < 4.78 is 16.0. The lowest BCUT2D eigenvalue weighted by atomic mass is 10.1. The molecule has 0 aromatic heterocycles. The Balaban J connectivity index is 0. The van der Waals surface area contributed by atoms with E-state index in [4.69, 9.17) is 29.7 Å². The van der Waals surface area contributed by atoms with Crippen LogP contribution in [-0.4, -0.2) is 57.0 Å². The minimum Gasteiger partial charge on any atom is -0.463 e. The van der Waals surface area contributed by atoms with Crippen LogP contribution in [0.5, 0.6) is 0 Å². The van der Waals surface area contributed by atoms with Crippen LogP contribution in [0.25, 0.3) is 0 Å². The molecule has 0 aromatic rings. The summed E-state index contributed by atoms with van der Waals surface area (Å²) in [5.41, 5.74) is 5.08. The first-order valence-electron chi connectivity index (χ1n) is 18.9. The number of carbonyl (C=O) groups is 3. The molecule has 0 spiro atoms. The Bertz CT molecular complexity index is 691. The predicted molar refractivity (Wildman–Crippen MR) is 191 cm³/mol. The predicted octanol–water partition coefficient (Wildman–Crippen LogP) is 9.71. The van der Waals surface area contributed by atoms with E-state index in [1.54, 1.807) is 0 Å². The van der Waals surface area contributed by atoms with Gasteiger partial charge >= 0.3 is 11.9 Å². The Morgan fingerprint density at radius 1 is 0.489 bits per heavy atom. The molecule has 0 heterocycles. The van der Waals surface area contributed by atoms with E-state index in [-0.39, 0.29) is 52.7 Å². The quantitative estimate of drug-likeness (QED) is 0.0299. The maximum Gasteiger partial charge on any atom is 0.308 e. The van der Waals surface area contributed by atoms with Crippen molar-refractivity contribution in [1.29, 1.82) is 0 Å². The Morgan fingerprint density at radius 3 is 1.32 bits per heavy atom. The highest BCUT2D eigenvalue weighted by Gasteiger charge is 2.17. The van der Waals surface area contributed by atoms with Gasteiger partial charge in [-0.25, -0.2) is 9.78 Å². The monoisotopic (exact) mass is 674 g/mol. The Hall–Kier alpha value is -1.71. The highest BCUT2D eigenvalue weighted by molar-refractivity contribution is 5.73. The van der Waals surface area contributed by atoms with Crippen molar-refractivity contribution in [3.05, 3.63) is 0 Å². The summed E-state index contributed by atoms with van der Waals surface area (Å²) in [4.78, 5) is 46.1. The van der Waals surface area contributed by atoms with Crippen LogP contribution in [0.2, 0.25) is 0 Å². The molecule has 0 aliphatic carbocycles. The second kappa shape index (κ2) is 38.7. The normalized spacial score (nSPS) is 11.6. The van der Waals surface area contributed by atoms with Crippen LogP contribution in [-0.2, 0) is 38.4 Å². The number of hydrogen-bond donors (Lipinski definition) is 1. The lowest BCUT2D eigenvalue weighted by Crippen LogP contribution is -2.29. The average molecular weight is 674 g/mol. The molecule has 1 atom stereocenters. The van der Waals surface area contributed by atoms with Crippen LogP contribution < -0.4 is 5.73 Å². The highest BCUT2D eigenvalue weighted by atomic mass is 17.2. The van der Waals surface area contributed by atoms with Crippen molar-refractivity contribution in [3.63, 3.8) is 0 Å². The van der Waals surface area contributed by atoms with Crippen LogP contribution in [0.15, 0.2) is 0 Å². The van der Waals surface area contributed by atoms with Crippen molar-refractivity contribution < 1.29 is 38.4 Å². The van der Waals surface area contributed by atoms with Crippen molar-refractivity contribution in [2.75, 3.05) is 33.0 Å². The van der Waals surface area contributed by atoms with Gasteiger partial charge in [-0.3, -0.25) is 14.4 Å². The third-order valence-electron chi connectivity index (χ3n) is 8.07. The van der Waals surface area contributed by atoms with Gasteiger partial charge in [0, 0.05) is 12.8 Å². The molecule has 0 aromatic carbocycles. The molecule has 47 heavy (non-hydrogen) atoms. The van der Waals surface area contributed by atoms with Gasteiger partial charge in [-0.2, -0.15) is 0 Å². The molecule has 0 aliphatic rings. The first-order valence-corrected chi connectivity index (χ1v) is 18.9. The van der Waals surface area contributed by atoms with Gasteiger partial charge in [-0.15, -0.1) is 0 Å². The van der Waals surface area contributed by atoms with E-state index in [0.717, 1.165) is 32.1 Å². The van der Waals surface area contributed by atoms with Crippen molar-refractivity contribution in [1.82, 2.24) is 0 Å². The van der Waals surface area contributed by atoms with E-state index in [9.17, 15) is 14.4 Å². The van der Waals surface area contributed by atoms with E-state index in [1.807, 2.05) is 0 Å².